The first-order chi connectivity index (χ1) is 8.17. The van der Waals surface area contributed by atoms with Crippen LogP contribution in [0.2, 0.25) is 0 Å². The van der Waals surface area contributed by atoms with Crippen LogP contribution in [0.3, 0.4) is 0 Å². The SMILES string of the molecule is CCC(CC1CC1)NCc1cc(C)cc(C)c1. The van der Waals surface area contributed by atoms with Crippen molar-refractivity contribution in [3.05, 3.63) is 34.9 Å². The smallest absolute Gasteiger partial charge is 0.0208 e. The van der Waals surface area contributed by atoms with E-state index in [4.69, 9.17) is 0 Å². The maximum absolute atomic E-state index is 3.71. The molecule has 0 spiro atoms. The third-order valence-corrected chi connectivity index (χ3v) is 3.68. The molecule has 0 radical (unpaired) electrons. The lowest BCUT2D eigenvalue weighted by Crippen LogP contribution is -2.28. The van der Waals surface area contributed by atoms with Crippen molar-refractivity contribution < 1.29 is 0 Å². The van der Waals surface area contributed by atoms with Gasteiger partial charge in [0.25, 0.3) is 0 Å². The molecule has 1 atom stereocenters. The second-order valence-corrected chi connectivity index (χ2v) is 5.66. The Bertz CT molecular complexity index is 346. The molecule has 1 aliphatic carbocycles. The van der Waals surface area contributed by atoms with Gasteiger partial charge in [0.2, 0.25) is 0 Å². The highest BCUT2D eigenvalue weighted by molar-refractivity contribution is 5.28. The van der Waals surface area contributed by atoms with E-state index in [9.17, 15) is 0 Å². The molecule has 1 unspecified atom stereocenters. The van der Waals surface area contributed by atoms with Crippen LogP contribution >= 0.6 is 0 Å². The van der Waals surface area contributed by atoms with Crippen LogP contribution in [0.15, 0.2) is 18.2 Å². The molecule has 1 N–H and O–H groups in total. The second-order valence-electron chi connectivity index (χ2n) is 5.66. The van der Waals surface area contributed by atoms with E-state index in [0.717, 1.165) is 12.5 Å². The standard InChI is InChI=1S/C16H25N/c1-4-16(10-14-5-6-14)17-11-15-8-12(2)7-13(3)9-15/h7-9,14,16-17H,4-6,10-11H2,1-3H3. The summed E-state index contributed by atoms with van der Waals surface area (Å²) in [5, 5.41) is 3.71. The Labute approximate surface area is 106 Å². The lowest BCUT2D eigenvalue weighted by molar-refractivity contribution is 0.445. The van der Waals surface area contributed by atoms with E-state index in [1.165, 1.54) is 42.4 Å². The van der Waals surface area contributed by atoms with Crippen LogP contribution in [0.1, 0.15) is 49.3 Å². The van der Waals surface area contributed by atoms with E-state index in [1.807, 2.05) is 0 Å². The largest absolute Gasteiger partial charge is 0.310 e. The maximum atomic E-state index is 3.71. The van der Waals surface area contributed by atoms with Crippen LogP contribution in [0.4, 0.5) is 0 Å². The molecule has 0 bridgehead atoms. The normalized spacial score (nSPS) is 17.1. The highest BCUT2D eigenvalue weighted by atomic mass is 14.9. The highest BCUT2D eigenvalue weighted by Gasteiger charge is 2.24. The minimum Gasteiger partial charge on any atom is -0.310 e. The molecule has 1 heteroatoms. The summed E-state index contributed by atoms with van der Waals surface area (Å²) >= 11 is 0. The van der Waals surface area contributed by atoms with Crippen molar-refractivity contribution in [2.45, 2.75) is 59.0 Å². The first kappa shape index (κ1) is 12.6. The molecule has 1 saturated carbocycles. The molecule has 0 saturated heterocycles. The molecule has 1 nitrogen and oxygen atoms in total. The van der Waals surface area contributed by atoms with Gasteiger partial charge in [-0.2, -0.15) is 0 Å². The van der Waals surface area contributed by atoms with Crippen molar-refractivity contribution in [2.24, 2.45) is 5.92 Å². The Morgan fingerprint density at radius 1 is 1.18 bits per heavy atom. The summed E-state index contributed by atoms with van der Waals surface area (Å²) < 4.78 is 0. The molecule has 17 heavy (non-hydrogen) atoms. The van der Waals surface area contributed by atoms with Gasteiger partial charge in [0, 0.05) is 12.6 Å². The van der Waals surface area contributed by atoms with Gasteiger partial charge in [-0.05, 0) is 38.2 Å². The van der Waals surface area contributed by atoms with Crippen molar-refractivity contribution >= 4 is 0 Å². The lowest BCUT2D eigenvalue weighted by atomic mass is 10.1. The number of hydrogen-bond acceptors (Lipinski definition) is 1. The fourth-order valence-corrected chi connectivity index (χ4v) is 2.58. The zero-order chi connectivity index (χ0) is 12.3. The Morgan fingerprint density at radius 3 is 2.35 bits per heavy atom. The first-order valence-corrected chi connectivity index (χ1v) is 6.98. The third-order valence-electron chi connectivity index (χ3n) is 3.68. The zero-order valence-electron chi connectivity index (χ0n) is 11.4. The van der Waals surface area contributed by atoms with E-state index in [-0.39, 0.29) is 0 Å². The Balaban J connectivity index is 1.86. The molecule has 1 aromatic rings. The van der Waals surface area contributed by atoms with E-state index < -0.39 is 0 Å². The van der Waals surface area contributed by atoms with Crippen molar-refractivity contribution in [1.82, 2.24) is 5.32 Å². The van der Waals surface area contributed by atoms with Crippen molar-refractivity contribution in [2.75, 3.05) is 0 Å². The van der Waals surface area contributed by atoms with Crippen LogP contribution in [-0.2, 0) is 6.54 Å². The Kier molecular flexibility index (Phi) is 4.22. The van der Waals surface area contributed by atoms with Crippen molar-refractivity contribution in [3.8, 4) is 0 Å². The summed E-state index contributed by atoms with van der Waals surface area (Å²) in [7, 11) is 0. The molecule has 1 aliphatic rings. The summed E-state index contributed by atoms with van der Waals surface area (Å²) in [5.41, 5.74) is 4.17. The lowest BCUT2D eigenvalue weighted by Gasteiger charge is -2.17. The van der Waals surface area contributed by atoms with Crippen LogP contribution in [0, 0.1) is 19.8 Å². The third kappa shape index (κ3) is 4.16. The van der Waals surface area contributed by atoms with Gasteiger partial charge in [0.15, 0.2) is 0 Å². The summed E-state index contributed by atoms with van der Waals surface area (Å²) in [4.78, 5) is 0. The average molecular weight is 231 g/mol. The zero-order valence-corrected chi connectivity index (χ0v) is 11.4. The fraction of sp³-hybridized carbons (Fsp3) is 0.625. The first-order valence-electron chi connectivity index (χ1n) is 6.98. The number of nitrogens with one attached hydrogen (secondary N) is 1. The van der Waals surface area contributed by atoms with Gasteiger partial charge in [-0.15, -0.1) is 0 Å². The van der Waals surface area contributed by atoms with E-state index in [0.29, 0.717) is 6.04 Å². The van der Waals surface area contributed by atoms with Gasteiger partial charge in [-0.1, -0.05) is 49.1 Å². The van der Waals surface area contributed by atoms with Gasteiger partial charge in [-0.3, -0.25) is 0 Å². The molecule has 0 amide bonds. The second kappa shape index (κ2) is 5.68. The highest BCUT2D eigenvalue weighted by Crippen LogP contribution is 2.34. The van der Waals surface area contributed by atoms with Crippen molar-refractivity contribution in [1.29, 1.82) is 0 Å². The molecular weight excluding hydrogens is 206 g/mol. The summed E-state index contributed by atoms with van der Waals surface area (Å²) in [5.74, 6) is 1.02. The molecule has 0 aliphatic heterocycles. The molecule has 0 aromatic heterocycles. The number of rotatable bonds is 6. The van der Waals surface area contributed by atoms with Gasteiger partial charge in [0.1, 0.15) is 0 Å². The van der Waals surface area contributed by atoms with Crippen LogP contribution in [0.5, 0.6) is 0 Å². The van der Waals surface area contributed by atoms with E-state index in [1.54, 1.807) is 0 Å². The van der Waals surface area contributed by atoms with Crippen LogP contribution < -0.4 is 5.32 Å². The molecule has 2 rings (SSSR count). The van der Waals surface area contributed by atoms with E-state index in [2.05, 4.69) is 44.3 Å². The molecule has 94 valence electrons. The number of aryl methyl sites for hydroxylation is 2. The minimum atomic E-state index is 0.711. The van der Waals surface area contributed by atoms with Gasteiger partial charge in [0.05, 0.1) is 0 Å². The van der Waals surface area contributed by atoms with Gasteiger partial charge in [-0.25, -0.2) is 0 Å². The maximum Gasteiger partial charge on any atom is 0.0208 e. The van der Waals surface area contributed by atoms with E-state index >= 15 is 0 Å². The summed E-state index contributed by atoms with van der Waals surface area (Å²) in [6.07, 6.45) is 5.55. The number of benzene rings is 1. The van der Waals surface area contributed by atoms with Gasteiger partial charge >= 0.3 is 0 Å². The number of hydrogen-bond donors (Lipinski definition) is 1. The predicted octanol–water partition coefficient (Wildman–Crippen LogP) is 3.97. The molecular formula is C16H25N. The van der Waals surface area contributed by atoms with Crippen LogP contribution in [0.25, 0.3) is 0 Å². The quantitative estimate of drug-likeness (QED) is 0.781. The van der Waals surface area contributed by atoms with Crippen LogP contribution in [-0.4, -0.2) is 6.04 Å². The molecule has 1 fully saturated rings. The average Bonchev–Trinajstić information content (AvgIpc) is 3.06. The predicted molar refractivity (Wildman–Crippen MR) is 74.2 cm³/mol. The Morgan fingerprint density at radius 2 is 1.82 bits per heavy atom. The van der Waals surface area contributed by atoms with Crippen molar-refractivity contribution in [3.63, 3.8) is 0 Å². The van der Waals surface area contributed by atoms with Gasteiger partial charge < -0.3 is 5.32 Å². The molecule has 1 aromatic carbocycles. The summed E-state index contributed by atoms with van der Waals surface area (Å²) in [6.45, 7) is 7.67. The monoisotopic (exact) mass is 231 g/mol. The Hall–Kier alpha value is -0.820. The fourth-order valence-electron chi connectivity index (χ4n) is 2.58. The molecule has 0 heterocycles. The topological polar surface area (TPSA) is 12.0 Å². The summed E-state index contributed by atoms with van der Waals surface area (Å²) in [6, 6.07) is 7.54. The minimum absolute atomic E-state index is 0.711.